The number of H-pyrrole nitrogens is 1. The van der Waals surface area contributed by atoms with Crippen LogP contribution in [0.2, 0.25) is 0 Å². The summed E-state index contributed by atoms with van der Waals surface area (Å²) in [5.74, 6) is 0.278. The molecule has 0 spiro atoms. The molecule has 1 fully saturated rings. The maximum atomic E-state index is 13.3. The van der Waals surface area contributed by atoms with Crippen molar-refractivity contribution >= 4 is 11.8 Å². The third kappa shape index (κ3) is 3.48. The van der Waals surface area contributed by atoms with Crippen molar-refractivity contribution in [2.24, 2.45) is 0 Å². The van der Waals surface area contributed by atoms with Crippen LogP contribution in [0.25, 0.3) is 22.6 Å². The highest BCUT2D eigenvalue weighted by molar-refractivity contribution is 7.98. The molecule has 1 saturated heterocycles. The van der Waals surface area contributed by atoms with Gasteiger partial charge >= 0.3 is 0 Å². The topological polar surface area (TPSA) is 72.9 Å². The number of hydrogen-bond donors (Lipinski definition) is 1. The highest BCUT2D eigenvalue weighted by Gasteiger charge is 2.24. The van der Waals surface area contributed by atoms with E-state index in [1.54, 1.807) is 18.3 Å². The predicted octanol–water partition coefficient (Wildman–Crippen LogP) is 3.83. The summed E-state index contributed by atoms with van der Waals surface area (Å²) in [4.78, 5) is 16.7. The first-order chi connectivity index (χ1) is 12.7. The highest BCUT2D eigenvalue weighted by atomic mass is 32.2. The summed E-state index contributed by atoms with van der Waals surface area (Å²) in [5, 5.41) is 0.661. The summed E-state index contributed by atoms with van der Waals surface area (Å²) >= 11 is 1.46. The molecule has 3 heterocycles. The Hall–Kier alpha value is -2.29. The van der Waals surface area contributed by atoms with Crippen LogP contribution in [0.1, 0.15) is 18.5 Å². The number of nitrogens with zero attached hydrogens (tertiary/aromatic N) is 3. The zero-order valence-corrected chi connectivity index (χ0v) is 14.9. The molecule has 0 bridgehead atoms. The van der Waals surface area contributed by atoms with Gasteiger partial charge in [-0.15, -0.1) is 0 Å². The van der Waals surface area contributed by atoms with Crippen LogP contribution in [0.3, 0.4) is 0 Å². The van der Waals surface area contributed by atoms with Gasteiger partial charge in [-0.2, -0.15) is 0 Å². The van der Waals surface area contributed by atoms with E-state index in [0.29, 0.717) is 35.6 Å². The van der Waals surface area contributed by atoms with E-state index in [0.717, 1.165) is 17.7 Å². The number of benzene rings is 1. The largest absolute Gasteiger partial charge is 0.346 e. The number of rotatable bonds is 4. The van der Waals surface area contributed by atoms with Crippen LogP contribution < -0.4 is 0 Å². The summed E-state index contributed by atoms with van der Waals surface area (Å²) < 4.78 is 24.6. The minimum absolute atomic E-state index is 0.295. The number of aromatic amines is 1. The van der Waals surface area contributed by atoms with Crippen LogP contribution in [-0.4, -0.2) is 39.4 Å². The zero-order chi connectivity index (χ0) is 17.9. The molecule has 0 aliphatic carbocycles. The Morgan fingerprint density at radius 3 is 2.62 bits per heavy atom. The monoisotopic (exact) mass is 372 g/mol. The summed E-state index contributed by atoms with van der Waals surface area (Å²) in [6.45, 7) is 1.24. The predicted molar refractivity (Wildman–Crippen MR) is 96.1 cm³/mol. The number of nitrogens with one attached hydrogen (secondary N) is 1. The lowest BCUT2D eigenvalue weighted by molar-refractivity contribution is -0.186. The summed E-state index contributed by atoms with van der Waals surface area (Å²) in [7, 11) is 0. The van der Waals surface area contributed by atoms with Gasteiger partial charge in [-0.25, -0.2) is 19.3 Å². The van der Waals surface area contributed by atoms with E-state index in [4.69, 9.17) is 9.47 Å². The molecule has 26 heavy (non-hydrogen) atoms. The van der Waals surface area contributed by atoms with Gasteiger partial charge in [-0.05, 0) is 43.0 Å². The van der Waals surface area contributed by atoms with Crippen LogP contribution in [0.15, 0.2) is 41.7 Å². The molecule has 0 atom stereocenters. The smallest absolute Gasteiger partial charge is 0.217 e. The zero-order valence-electron chi connectivity index (χ0n) is 14.1. The second kappa shape index (κ2) is 7.53. The Kier molecular flexibility index (Phi) is 4.96. The van der Waals surface area contributed by atoms with Crippen LogP contribution in [0.4, 0.5) is 4.39 Å². The van der Waals surface area contributed by atoms with Gasteiger partial charge in [-0.1, -0.05) is 11.8 Å². The van der Waals surface area contributed by atoms with Crippen molar-refractivity contribution in [3.8, 4) is 22.6 Å². The van der Waals surface area contributed by atoms with Gasteiger partial charge in [0, 0.05) is 11.8 Å². The van der Waals surface area contributed by atoms with Gasteiger partial charge in [0.2, 0.25) is 6.29 Å². The molecule has 0 amide bonds. The van der Waals surface area contributed by atoms with Crippen LogP contribution in [0, 0.1) is 5.82 Å². The maximum Gasteiger partial charge on any atom is 0.217 e. The third-order valence-electron chi connectivity index (χ3n) is 3.96. The van der Waals surface area contributed by atoms with E-state index in [-0.39, 0.29) is 5.82 Å². The van der Waals surface area contributed by atoms with Gasteiger partial charge < -0.3 is 14.5 Å². The Bertz CT molecular complexity index is 894. The van der Waals surface area contributed by atoms with Crippen molar-refractivity contribution in [3.63, 3.8) is 0 Å². The molecule has 0 unspecified atom stereocenters. The molecule has 1 aromatic carbocycles. The fraction of sp³-hybridized carbons (Fsp3) is 0.278. The van der Waals surface area contributed by atoms with E-state index in [1.165, 1.54) is 23.9 Å². The van der Waals surface area contributed by atoms with Gasteiger partial charge in [0.05, 0.1) is 30.3 Å². The average molecular weight is 372 g/mol. The van der Waals surface area contributed by atoms with Crippen molar-refractivity contribution in [1.29, 1.82) is 0 Å². The SMILES string of the molecule is CSc1nccc(-c2[nH]c(C3OCCCO3)nc2-c2ccc(F)cc2)n1. The molecular weight excluding hydrogens is 355 g/mol. The Balaban J connectivity index is 1.81. The van der Waals surface area contributed by atoms with E-state index < -0.39 is 6.29 Å². The van der Waals surface area contributed by atoms with Crippen LogP contribution >= 0.6 is 11.8 Å². The number of thioether (sulfide) groups is 1. The number of hydrogen-bond acceptors (Lipinski definition) is 6. The number of aromatic nitrogens is 4. The van der Waals surface area contributed by atoms with Crippen LogP contribution in [0.5, 0.6) is 0 Å². The second-order valence-corrected chi connectivity index (χ2v) is 6.48. The van der Waals surface area contributed by atoms with Gasteiger partial charge in [-0.3, -0.25) is 0 Å². The molecule has 8 heteroatoms. The first-order valence-electron chi connectivity index (χ1n) is 8.21. The fourth-order valence-corrected chi connectivity index (χ4v) is 3.09. The molecular formula is C18H17FN4O2S. The van der Waals surface area contributed by atoms with Crippen molar-refractivity contribution in [3.05, 3.63) is 48.2 Å². The molecule has 134 valence electrons. The van der Waals surface area contributed by atoms with E-state index in [2.05, 4.69) is 19.9 Å². The van der Waals surface area contributed by atoms with E-state index in [1.807, 2.05) is 12.3 Å². The normalized spacial score (nSPS) is 15.3. The Morgan fingerprint density at radius 2 is 1.88 bits per heavy atom. The Labute approximate surface area is 154 Å². The Morgan fingerprint density at radius 1 is 1.12 bits per heavy atom. The quantitative estimate of drug-likeness (QED) is 0.554. The van der Waals surface area contributed by atoms with Gasteiger partial charge in [0.15, 0.2) is 11.0 Å². The maximum absolute atomic E-state index is 13.3. The molecule has 1 aliphatic heterocycles. The summed E-state index contributed by atoms with van der Waals surface area (Å²) in [6.07, 6.45) is 3.94. The first kappa shape index (κ1) is 17.1. The summed E-state index contributed by atoms with van der Waals surface area (Å²) in [5.41, 5.74) is 2.88. The lowest BCUT2D eigenvalue weighted by Gasteiger charge is -2.21. The standard InChI is InChI=1S/C18H17FN4O2S/c1-26-18-20-8-7-13(21-18)15-14(11-3-5-12(19)6-4-11)22-16(23-15)17-24-9-2-10-25-17/h3-8,17H,2,9-10H2,1H3,(H,22,23). The molecule has 3 aromatic rings. The van der Waals surface area contributed by atoms with Gasteiger partial charge in [0.1, 0.15) is 5.82 Å². The van der Waals surface area contributed by atoms with Crippen molar-refractivity contribution in [1.82, 2.24) is 19.9 Å². The van der Waals surface area contributed by atoms with Gasteiger partial charge in [0.25, 0.3) is 0 Å². The number of ether oxygens (including phenoxy) is 2. The van der Waals surface area contributed by atoms with Crippen LogP contribution in [-0.2, 0) is 9.47 Å². The molecule has 4 rings (SSSR count). The molecule has 2 aromatic heterocycles. The first-order valence-corrected chi connectivity index (χ1v) is 9.43. The van der Waals surface area contributed by atoms with E-state index in [9.17, 15) is 4.39 Å². The lowest BCUT2D eigenvalue weighted by Crippen LogP contribution is -2.18. The highest BCUT2D eigenvalue weighted by Crippen LogP contribution is 2.32. The lowest BCUT2D eigenvalue weighted by atomic mass is 10.1. The van der Waals surface area contributed by atoms with Crippen molar-refractivity contribution in [2.45, 2.75) is 17.9 Å². The van der Waals surface area contributed by atoms with Crippen molar-refractivity contribution in [2.75, 3.05) is 19.5 Å². The van der Waals surface area contributed by atoms with E-state index >= 15 is 0 Å². The minimum Gasteiger partial charge on any atom is -0.346 e. The fourth-order valence-electron chi connectivity index (χ4n) is 2.73. The summed E-state index contributed by atoms with van der Waals surface area (Å²) in [6, 6.07) is 8.02. The molecule has 1 aliphatic rings. The second-order valence-electron chi connectivity index (χ2n) is 5.71. The average Bonchev–Trinajstić information content (AvgIpc) is 3.15. The minimum atomic E-state index is -0.543. The van der Waals surface area contributed by atoms with Crippen molar-refractivity contribution < 1.29 is 13.9 Å². The molecule has 0 saturated carbocycles. The molecule has 1 N–H and O–H groups in total. The number of imidazole rings is 1. The number of halogens is 1. The third-order valence-corrected chi connectivity index (χ3v) is 4.52. The molecule has 0 radical (unpaired) electrons. The molecule has 6 nitrogen and oxygen atoms in total.